The highest BCUT2D eigenvalue weighted by Gasteiger charge is 2.21. The lowest BCUT2D eigenvalue weighted by Gasteiger charge is -2.05. The van der Waals surface area contributed by atoms with Crippen molar-refractivity contribution in [2.45, 2.75) is 18.9 Å². The molecule has 0 aliphatic heterocycles. The van der Waals surface area contributed by atoms with Crippen molar-refractivity contribution in [1.82, 2.24) is 9.97 Å². The first-order valence-electron chi connectivity index (χ1n) is 5.77. The summed E-state index contributed by atoms with van der Waals surface area (Å²) >= 11 is 0. The van der Waals surface area contributed by atoms with E-state index >= 15 is 0 Å². The highest BCUT2D eigenvalue weighted by atomic mass is 15.1. The summed E-state index contributed by atoms with van der Waals surface area (Å²) in [5.41, 5.74) is 7.43. The van der Waals surface area contributed by atoms with Crippen molar-refractivity contribution < 1.29 is 0 Å². The molecule has 0 amide bonds. The van der Waals surface area contributed by atoms with Crippen LogP contribution < -0.4 is 11.1 Å². The summed E-state index contributed by atoms with van der Waals surface area (Å²) in [6, 6.07) is 10.1. The number of nitrogens with zero attached hydrogens (tertiary/aromatic N) is 2. The fraction of sp³-hybridized carbons (Fsp3) is 0.231. The van der Waals surface area contributed by atoms with E-state index in [-0.39, 0.29) is 0 Å². The molecule has 0 spiro atoms. The molecular weight excluding hydrogens is 212 g/mol. The van der Waals surface area contributed by atoms with Crippen molar-refractivity contribution >= 4 is 11.5 Å². The van der Waals surface area contributed by atoms with Crippen LogP contribution in [-0.2, 0) is 0 Å². The van der Waals surface area contributed by atoms with Gasteiger partial charge in [-0.15, -0.1) is 0 Å². The van der Waals surface area contributed by atoms with Gasteiger partial charge < -0.3 is 11.1 Å². The highest BCUT2D eigenvalue weighted by molar-refractivity contribution is 5.62. The van der Waals surface area contributed by atoms with Gasteiger partial charge in [-0.3, -0.25) is 0 Å². The van der Waals surface area contributed by atoms with Crippen molar-refractivity contribution in [1.29, 1.82) is 0 Å². The Hall–Kier alpha value is -2.10. The summed E-state index contributed by atoms with van der Waals surface area (Å²) in [6.45, 7) is 0. The molecule has 3 N–H and O–H groups in total. The maximum atomic E-state index is 5.75. The van der Waals surface area contributed by atoms with Crippen molar-refractivity contribution in [3.05, 3.63) is 36.5 Å². The van der Waals surface area contributed by atoms with Crippen LogP contribution in [0.1, 0.15) is 12.8 Å². The number of nitrogen functional groups attached to an aromatic ring is 1. The van der Waals surface area contributed by atoms with Gasteiger partial charge in [-0.1, -0.05) is 12.1 Å². The van der Waals surface area contributed by atoms with Crippen LogP contribution in [0.2, 0.25) is 0 Å². The predicted octanol–water partition coefficient (Wildman–Crippen LogP) is 2.30. The Morgan fingerprint density at radius 1 is 1.24 bits per heavy atom. The molecule has 0 bridgehead atoms. The average molecular weight is 226 g/mol. The number of anilines is 2. The molecule has 0 unspecified atom stereocenters. The quantitative estimate of drug-likeness (QED) is 0.788. The van der Waals surface area contributed by atoms with Gasteiger partial charge in [-0.05, 0) is 31.0 Å². The molecule has 86 valence electrons. The number of benzene rings is 1. The van der Waals surface area contributed by atoms with Crippen LogP contribution in [0.5, 0.6) is 0 Å². The Labute approximate surface area is 99.9 Å². The molecule has 0 atom stereocenters. The van der Waals surface area contributed by atoms with Crippen LogP contribution in [0.15, 0.2) is 36.5 Å². The SMILES string of the molecule is Nc1cccc(-c2nccc(NC3CC3)n2)c1. The maximum Gasteiger partial charge on any atom is 0.161 e. The lowest BCUT2D eigenvalue weighted by molar-refractivity contribution is 1.09. The van der Waals surface area contributed by atoms with Gasteiger partial charge in [0.15, 0.2) is 5.82 Å². The van der Waals surface area contributed by atoms with E-state index in [1.807, 2.05) is 30.3 Å². The van der Waals surface area contributed by atoms with Gasteiger partial charge in [0.1, 0.15) is 5.82 Å². The topological polar surface area (TPSA) is 63.8 Å². The smallest absolute Gasteiger partial charge is 0.161 e. The standard InChI is InChI=1S/C13H14N4/c14-10-3-1-2-9(8-10)13-15-7-6-12(17-13)16-11-4-5-11/h1-3,6-8,11H,4-5,14H2,(H,15,16,17). The van der Waals surface area contributed by atoms with Crippen molar-refractivity contribution in [2.75, 3.05) is 11.1 Å². The summed E-state index contributed by atoms with van der Waals surface area (Å²) < 4.78 is 0. The van der Waals surface area contributed by atoms with Crippen molar-refractivity contribution in [3.63, 3.8) is 0 Å². The van der Waals surface area contributed by atoms with Crippen LogP contribution in [0.4, 0.5) is 11.5 Å². The van der Waals surface area contributed by atoms with E-state index in [2.05, 4.69) is 15.3 Å². The third kappa shape index (κ3) is 2.36. The van der Waals surface area contributed by atoms with E-state index in [0.717, 1.165) is 17.1 Å². The van der Waals surface area contributed by atoms with E-state index in [0.29, 0.717) is 11.9 Å². The second kappa shape index (κ2) is 4.05. The van der Waals surface area contributed by atoms with Crippen molar-refractivity contribution in [3.8, 4) is 11.4 Å². The van der Waals surface area contributed by atoms with Crippen molar-refractivity contribution in [2.24, 2.45) is 0 Å². The monoisotopic (exact) mass is 226 g/mol. The van der Waals surface area contributed by atoms with Gasteiger partial charge in [0, 0.05) is 23.5 Å². The van der Waals surface area contributed by atoms with Crippen LogP contribution in [-0.4, -0.2) is 16.0 Å². The van der Waals surface area contributed by atoms with E-state index in [4.69, 9.17) is 5.73 Å². The minimum absolute atomic E-state index is 0.596. The Morgan fingerprint density at radius 3 is 2.88 bits per heavy atom. The molecule has 1 aliphatic rings. The molecule has 2 aromatic rings. The van der Waals surface area contributed by atoms with Crippen LogP contribution in [0, 0.1) is 0 Å². The molecule has 0 saturated heterocycles. The summed E-state index contributed by atoms with van der Waals surface area (Å²) in [5.74, 6) is 1.60. The second-order valence-corrected chi connectivity index (χ2v) is 4.31. The zero-order valence-electron chi connectivity index (χ0n) is 9.43. The molecular formula is C13H14N4. The van der Waals surface area contributed by atoms with Crippen LogP contribution >= 0.6 is 0 Å². The first kappa shape index (κ1) is 10.1. The summed E-state index contributed by atoms with van der Waals surface area (Å²) in [4.78, 5) is 8.76. The second-order valence-electron chi connectivity index (χ2n) is 4.31. The Bertz CT molecular complexity index is 534. The number of nitrogens with one attached hydrogen (secondary N) is 1. The van der Waals surface area contributed by atoms with Gasteiger partial charge in [-0.2, -0.15) is 0 Å². The van der Waals surface area contributed by atoms with E-state index in [1.54, 1.807) is 6.20 Å². The van der Waals surface area contributed by atoms with Gasteiger partial charge in [0.05, 0.1) is 0 Å². The molecule has 4 nitrogen and oxygen atoms in total. The average Bonchev–Trinajstić information content (AvgIpc) is 3.13. The number of aromatic nitrogens is 2. The largest absolute Gasteiger partial charge is 0.399 e. The van der Waals surface area contributed by atoms with Gasteiger partial charge >= 0.3 is 0 Å². The first-order valence-corrected chi connectivity index (χ1v) is 5.77. The summed E-state index contributed by atoms with van der Waals surface area (Å²) in [7, 11) is 0. The third-order valence-corrected chi connectivity index (χ3v) is 2.73. The fourth-order valence-corrected chi connectivity index (χ4v) is 1.69. The molecule has 1 aromatic carbocycles. The predicted molar refractivity (Wildman–Crippen MR) is 68.5 cm³/mol. The Kier molecular flexibility index (Phi) is 2.40. The zero-order chi connectivity index (χ0) is 11.7. The molecule has 1 aliphatic carbocycles. The zero-order valence-corrected chi connectivity index (χ0v) is 9.43. The van der Waals surface area contributed by atoms with Gasteiger partial charge in [0.2, 0.25) is 0 Å². The minimum Gasteiger partial charge on any atom is -0.399 e. The maximum absolute atomic E-state index is 5.75. The lowest BCUT2D eigenvalue weighted by atomic mass is 10.2. The lowest BCUT2D eigenvalue weighted by Crippen LogP contribution is -2.04. The van der Waals surface area contributed by atoms with E-state index < -0.39 is 0 Å². The Morgan fingerprint density at radius 2 is 2.12 bits per heavy atom. The van der Waals surface area contributed by atoms with Gasteiger partial charge in [-0.25, -0.2) is 9.97 Å². The normalized spacial score (nSPS) is 14.6. The van der Waals surface area contributed by atoms with Crippen LogP contribution in [0.3, 0.4) is 0 Å². The number of rotatable bonds is 3. The molecule has 1 saturated carbocycles. The fourth-order valence-electron chi connectivity index (χ4n) is 1.69. The Balaban J connectivity index is 1.91. The van der Waals surface area contributed by atoms with E-state index in [9.17, 15) is 0 Å². The highest BCUT2D eigenvalue weighted by Crippen LogP contribution is 2.24. The molecule has 17 heavy (non-hydrogen) atoms. The van der Waals surface area contributed by atoms with Gasteiger partial charge in [0.25, 0.3) is 0 Å². The number of nitrogens with two attached hydrogens (primary N) is 1. The number of hydrogen-bond donors (Lipinski definition) is 2. The molecule has 3 rings (SSSR count). The molecule has 1 heterocycles. The molecule has 0 radical (unpaired) electrons. The summed E-state index contributed by atoms with van der Waals surface area (Å²) in [6.07, 6.45) is 4.24. The first-order chi connectivity index (χ1) is 8.31. The van der Waals surface area contributed by atoms with E-state index in [1.165, 1.54) is 12.8 Å². The molecule has 1 fully saturated rings. The molecule has 4 heteroatoms. The van der Waals surface area contributed by atoms with Crippen LogP contribution in [0.25, 0.3) is 11.4 Å². The minimum atomic E-state index is 0.596. The number of hydrogen-bond acceptors (Lipinski definition) is 4. The third-order valence-electron chi connectivity index (χ3n) is 2.73. The molecule has 1 aromatic heterocycles. The summed E-state index contributed by atoms with van der Waals surface area (Å²) in [5, 5.41) is 3.36.